The molecule has 0 spiro atoms. The van der Waals surface area contributed by atoms with Crippen molar-refractivity contribution in [2.45, 2.75) is 13.3 Å². The van der Waals surface area contributed by atoms with E-state index in [4.69, 9.17) is 9.47 Å². The molecule has 0 atom stereocenters. The first-order valence-corrected chi connectivity index (χ1v) is 7.83. The van der Waals surface area contributed by atoms with Crippen molar-refractivity contribution in [3.8, 4) is 16.9 Å². The molecule has 1 amide bonds. The summed E-state index contributed by atoms with van der Waals surface area (Å²) in [6, 6.07) is 12.1. The second-order valence-corrected chi connectivity index (χ2v) is 5.71. The molecule has 0 saturated carbocycles. The molecule has 0 saturated heterocycles. The van der Waals surface area contributed by atoms with Crippen LogP contribution in [0.3, 0.4) is 0 Å². The Labute approximate surface area is 136 Å². The van der Waals surface area contributed by atoms with Gasteiger partial charge in [-0.3, -0.25) is 4.79 Å². The molecule has 0 aliphatic carbocycles. The number of carbonyl (C=O) groups is 1. The van der Waals surface area contributed by atoms with E-state index in [-0.39, 0.29) is 5.91 Å². The summed E-state index contributed by atoms with van der Waals surface area (Å²) in [5, 5.41) is 2.91. The minimum absolute atomic E-state index is 0.0173. The van der Waals surface area contributed by atoms with E-state index in [1.807, 2.05) is 31.2 Å². The minimum atomic E-state index is 0.0173. The molecule has 4 heteroatoms. The van der Waals surface area contributed by atoms with Gasteiger partial charge in [0.2, 0.25) is 0 Å². The number of hydrogen-bond acceptors (Lipinski definition) is 3. The smallest absolute Gasteiger partial charge is 0.251 e. The molecule has 0 radical (unpaired) electrons. The minimum Gasteiger partial charge on any atom is -0.491 e. The molecule has 0 aromatic heterocycles. The third kappa shape index (κ3) is 3.37. The van der Waals surface area contributed by atoms with Gasteiger partial charge in [0, 0.05) is 19.2 Å². The zero-order valence-electron chi connectivity index (χ0n) is 13.5. The number of rotatable bonds is 5. The van der Waals surface area contributed by atoms with E-state index in [2.05, 4.69) is 17.4 Å². The molecule has 0 unspecified atom stereocenters. The molecule has 1 heterocycles. The SMILES string of the molecule is COCCOc1cccc(-c2cc(C)cc3c2CCNC3=O)c1. The van der Waals surface area contributed by atoms with Crippen molar-refractivity contribution >= 4 is 5.91 Å². The number of aryl methyl sites for hydroxylation is 1. The summed E-state index contributed by atoms with van der Waals surface area (Å²) in [7, 11) is 1.66. The summed E-state index contributed by atoms with van der Waals surface area (Å²) in [6.07, 6.45) is 0.853. The number of benzene rings is 2. The maximum Gasteiger partial charge on any atom is 0.251 e. The molecular formula is C19H21NO3. The number of nitrogens with one attached hydrogen (secondary N) is 1. The summed E-state index contributed by atoms with van der Waals surface area (Å²) < 4.78 is 10.7. The highest BCUT2D eigenvalue weighted by Gasteiger charge is 2.20. The summed E-state index contributed by atoms with van der Waals surface area (Å²) in [5.41, 5.74) is 5.19. The molecule has 4 nitrogen and oxygen atoms in total. The fourth-order valence-electron chi connectivity index (χ4n) is 2.94. The first kappa shape index (κ1) is 15.6. The highest BCUT2D eigenvalue weighted by atomic mass is 16.5. The van der Waals surface area contributed by atoms with Crippen LogP contribution >= 0.6 is 0 Å². The molecule has 1 N–H and O–H groups in total. The Kier molecular flexibility index (Phi) is 4.63. The van der Waals surface area contributed by atoms with Crippen LogP contribution in [0.4, 0.5) is 0 Å². The molecule has 1 aliphatic rings. The van der Waals surface area contributed by atoms with Crippen molar-refractivity contribution < 1.29 is 14.3 Å². The zero-order chi connectivity index (χ0) is 16.2. The average Bonchev–Trinajstić information content (AvgIpc) is 2.56. The molecule has 23 heavy (non-hydrogen) atoms. The fourth-order valence-corrected chi connectivity index (χ4v) is 2.94. The normalized spacial score (nSPS) is 13.4. The fraction of sp³-hybridized carbons (Fsp3) is 0.316. The standard InChI is InChI=1S/C19H21NO3/c1-13-10-17(16-6-7-20-19(21)18(16)11-13)14-4-3-5-15(12-14)23-9-8-22-2/h3-5,10-12H,6-9H2,1-2H3,(H,20,21). The lowest BCUT2D eigenvalue weighted by atomic mass is 9.89. The Morgan fingerprint density at radius 3 is 2.78 bits per heavy atom. The van der Waals surface area contributed by atoms with Crippen LogP contribution in [-0.4, -0.2) is 32.8 Å². The van der Waals surface area contributed by atoms with Crippen molar-refractivity contribution in [2.75, 3.05) is 26.9 Å². The quantitative estimate of drug-likeness (QED) is 0.864. The average molecular weight is 311 g/mol. The first-order valence-electron chi connectivity index (χ1n) is 7.83. The van der Waals surface area contributed by atoms with Gasteiger partial charge >= 0.3 is 0 Å². The Balaban J connectivity index is 1.98. The molecular weight excluding hydrogens is 290 g/mol. The van der Waals surface area contributed by atoms with Crippen LogP contribution in [0.2, 0.25) is 0 Å². The van der Waals surface area contributed by atoms with Gasteiger partial charge in [0.05, 0.1) is 6.61 Å². The van der Waals surface area contributed by atoms with Gasteiger partial charge < -0.3 is 14.8 Å². The molecule has 3 rings (SSSR count). The zero-order valence-corrected chi connectivity index (χ0v) is 13.5. The Bertz CT molecular complexity index is 725. The highest BCUT2D eigenvalue weighted by molar-refractivity contribution is 5.99. The summed E-state index contributed by atoms with van der Waals surface area (Å²) >= 11 is 0. The maximum atomic E-state index is 12.1. The predicted octanol–water partition coefficient (Wildman–Crippen LogP) is 2.97. The van der Waals surface area contributed by atoms with Gasteiger partial charge in [-0.15, -0.1) is 0 Å². The van der Waals surface area contributed by atoms with Crippen molar-refractivity contribution in [1.82, 2.24) is 5.32 Å². The maximum absolute atomic E-state index is 12.1. The highest BCUT2D eigenvalue weighted by Crippen LogP contribution is 2.31. The van der Waals surface area contributed by atoms with E-state index in [0.717, 1.165) is 40.0 Å². The largest absolute Gasteiger partial charge is 0.491 e. The van der Waals surface area contributed by atoms with Crippen LogP contribution in [0, 0.1) is 6.92 Å². The van der Waals surface area contributed by atoms with Crippen LogP contribution in [-0.2, 0) is 11.2 Å². The lowest BCUT2D eigenvalue weighted by molar-refractivity contribution is 0.0946. The van der Waals surface area contributed by atoms with E-state index in [1.54, 1.807) is 7.11 Å². The lowest BCUT2D eigenvalue weighted by Gasteiger charge is -2.21. The number of ether oxygens (including phenoxy) is 2. The van der Waals surface area contributed by atoms with Gasteiger partial charge in [0.15, 0.2) is 0 Å². The van der Waals surface area contributed by atoms with Crippen LogP contribution in [0.25, 0.3) is 11.1 Å². The third-order valence-electron chi connectivity index (χ3n) is 4.00. The van der Waals surface area contributed by atoms with E-state index in [1.165, 1.54) is 0 Å². The topological polar surface area (TPSA) is 47.6 Å². The number of hydrogen-bond donors (Lipinski definition) is 1. The molecule has 0 bridgehead atoms. The van der Waals surface area contributed by atoms with Crippen LogP contribution < -0.4 is 10.1 Å². The van der Waals surface area contributed by atoms with E-state index in [9.17, 15) is 4.79 Å². The van der Waals surface area contributed by atoms with Crippen LogP contribution in [0.5, 0.6) is 5.75 Å². The number of fused-ring (bicyclic) bond motifs is 1. The second-order valence-electron chi connectivity index (χ2n) is 5.71. The Morgan fingerprint density at radius 1 is 1.13 bits per heavy atom. The molecule has 0 fully saturated rings. The van der Waals surface area contributed by atoms with Gasteiger partial charge in [-0.05, 0) is 53.8 Å². The van der Waals surface area contributed by atoms with Crippen molar-refractivity contribution in [3.63, 3.8) is 0 Å². The second kappa shape index (κ2) is 6.84. The van der Waals surface area contributed by atoms with E-state index >= 15 is 0 Å². The van der Waals surface area contributed by atoms with E-state index < -0.39 is 0 Å². The monoisotopic (exact) mass is 311 g/mol. The van der Waals surface area contributed by atoms with Crippen molar-refractivity contribution in [3.05, 3.63) is 53.1 Å². The Hall–Kier alpha value is -2.33. The molecule has 120 valence electrons. The van der Waals surface area contributed by atoms with Crippen LogP contribution in [0.15, 0.2) is 36.4 Å². The van der Waals surface area contributed by atoms with Gasteiger partial charge in [-0.2, -0.15) is 0 Å². The number of methoxy groups -OCH3 is 1. The third-order valence-corrected chi connectivity index (χ3v) is 4.00. The molecule has 1 aliphatic heterocycles. The van der Waals surface area contributed by atoms with Crippen molar-refractivity contribution in [2.24, 2.45) is 0 Å². The molecule has 2 aromatic rings. The number of amides is 1. The van der Waals surface area contributed by atoms with Gasteiger partial charge in [0.1, 0.15) is 12.4 Å². The Morgan fingerprint density at radius 2 is 1.96 bits per heavy atom. The number of carbonyl (C=O) groups excluding carboxylic acids is 1. The van der Waals surface area contributed by atoms with Crippen molar-refractivity contribution in [1.29, 1.82) is 0 Å². The lowest BCUT2D eigenvalue weighted by Crippen LogP contribution is -2.32. The van der Waals surface area contributed by atoms with Crippen LogP contribution in [0.1, 0.15) is 21.5 Å². The van der Waals surface area contributed by atoms with E-state index in [0.29, 0.717) is 19.8 Å². The summed E-state index contributed by atoms with van der Waals surface area (Å²) in [5.74, 6) is 0.832. The molecule has 2 aromatic carbocycles. The first-order chi connectivity index (χ1) is 11.2. The summed E-state index contributed by atoms with van der Waals surface area (Å²) in [4.78, 5) is 12.1. The van der Waals surface area contributed by atoms with Gasteiger partial charge in [0.25, 0.3) is 5.91 Å². The summed E-state index contributed by atoms with van der Waals surface area (Å²) in [6.45, 7) is 3.79. The van der Waals surface area contributed by atoms with Gasteiger partial charge in [-0.25, -0.2) is 0 Å². The van der Waals surface area contributed by atoms with Gasteiger partial charge in [-0.1, -0.05) is 18.2 Å². The predicted molar refractivity (Wildman–Crippen MR) is 90.0 cm³/mol.